The first kappa shape index (κ1) is 22.3. The molecule has 3 aromatic rings. The van der Waals surface area contributed by atoms with E-state index in [1.165, 1.54) is 12.1 Å². The van der Waals surface area contributed by atoms with Gasteiger partial charge in [-0.2, -0.15) is 5.26 Å². The smallest absolute Gasteiger partial charge is 0.266 e. The van der Waals surface area contributed by atoms with Gasteiger partial charge in [0, 0.05) is 21.3 Å². The number of aryl methyl sites for hydroxylation is 1. The average molecular weight is 479 g/mol. The van der Waals surface area contributed by atoms with E-state index in [4.69, 9.17) is 4.74 Å². The van der Waals surface area contributed by atoms with E-state index in [9.17, 15) is 14.4 Å². The second-order valence-corrected chi connectivity index (χ2v) is 7.65. The molecule has 0 radical (unpaired) electrons. The Morgan fingerprint density at radius 2 is 1.90 bits per heavy atom. The Bertz CT molecular complexity index is 1150. The van der Waals surface area contributed by atoms with Gasteiger partial charge in [-0.25, -0.2) is 4.39 Å². The van der Waals surface area contributed by atoms with Crippen molar-refractivity contribution < 1.29 is 13.9 Å². The highest BCUT2D eigenvalue weighted by molar-refractivity contribution is 9.10. The molecule has 0 spiro atoms. The Hall–Kier alpha value is -3.43. The minimum Gasteiger partial charge on any atom is -0.488 e. The molecule has 0 aromatic heterocycles. The number of benzene rings is 3. The number of nitriles is 1. The van der Waals surface area contributed by atoms with Gasteiger partial charge in [-0.05, 0) is 54.5 Å². The maximum atomic E-state index is 13.9. The Morgan fingerprint density at radius 1 is 1.16 bits per heavy atom. The van der Waals surface area contributed by atoms with Gasteiger partial charge in [-0.15, -0.1) is 0 Å². The number of nitrogens with zero attached hydrogens (tertiary/aromatic N) is 1. The third kappa shape index (κ3) is 6.03. The number of rotatable bonds is 7. The number of hydrogen-bond donors (Lipinski definition) is 1. The summed E-state index contributed by atoms with van der Waals surface area (Å²) >= 11 is 3.39. The molecule has 4 nitrogen and oxygen atoms in total. The lowest BCUT2D eigenvalue weighted by atomic mass is 10.1. The first-order chi connectivity index (χ1) is 15.0. The standard InChI is InChI=1S/C25H20BrFN2O2/c1-2-17-7-10-22(11-8-17)29-25(30)20(15-28)13-19-14-21(26)9-12-24(19)31-16-18-5-3-4-6-23(18)27/h3-14H,2,16H2,1H3,(H,29,30)/b20-13+. The zero-order valence-corrected chi connectivity index (χ0v) is 18.4. The van der Waals surface area contributed by atoms with Crippen molar-refractivity contribution in [3.8, 4) is 11.8 Å². The number of hydrogen-bond acceptors (Lipinski definition) is 3. The van der Waals surface area contributed by atoms with Crippen LogP contribution in [0.15, 0.2) is 76.8 Å². The predicted octanol–water partition coefficient (Wildman–Crippen LogP) is 6.28. The Balaban J connectivity index is 1.82. The zero-order valence-electron chi connectivity index (χ0n) is 16.9. The Morgan fingerprint density at radius 3 is 2.58 bits per heavy atom. The number of ether oxygens (including phenoxy) is 1. The molecular formula is C25H20BrFN2O2. The number of carbonyl (C=O) groups excluding carboxylic acids is 1. The topological polar surface area (TPSA) is 62.1 Å². The summed E-state index contributed by atoms with van der Waals surface area (Å²) < 4.78 is 20.4. The lowest BCUT2D eigenvalue weighted by molar-refractivity contribution is -0.112. The number of nitrogens with one attached hydrogen (secondary N) is 1. The van der Waals surface area contributed by atoms with Gasteiger partial charge in [-0.3, -0.25) is 4.79 Å². The molecular weight excluding hydrogens is 459 g/mol. The minimum atomic E-state index is -0.522. The summed E-state index contributed by atoms with van der Waals surface area (Å²) in [5.74, 6) is -0.450. The van der Waals surface area contributed by atoms with E-state index in [2.05, 4.69) is 21.2 Å². The van der Waals surface area contributed by atoms with Gasteiger partial charge in [0.15, 0.2) is 0 Å². The summed E-state index contributed by atoms with van der Waals surface area (Å²) in [4.78, 5) is 12.6. The molecule has 6 heteroatoms. The third-order valence-corrected chi connectivity index (χ3v) is 5.09. The number of halogens is 2. The lowest BCUT2D eigenvalue weighted by Gasteiger charge is -2.11. The average Bonchev–Trinajstić information content (AvgIpc) is 2.78. The molecule has 1 amide bonds. The summed E-state index contributed by atoms with van der Waals surface area (Å²) in [6, 6.07) is 20.9. The summed E-state index contributed by atoms with van der Waals surface area (Å²) in [7, 11) is 0. The van der Waals surface area contributed by atoms with E-state index in [1.54, 1.807) is 48.5 Å². The second-order valence-electron chi connectivity index (χ2n) is 6.74. The maximum Gasteiger partial charge on any atom is 0.266 e. The molecule has 31 heavy (non-hydrogen) atoms. The van der Waals surface area contributed by atoms with Crippen molar-refractivity contribution in [2.75, 3.05) is 5.32 Å². The molecule has 0 saturated carbocycles. The number of anilines is 1. The fourth-order valence-electron chi connectivity index (χ4n) is 2.86. The van der Waals surface area contributed by atoms with E-state index >= 15 is 0 Å². The van der Waals surface area contributed by atoms with Gasteiger partial charge in [0.25, 0.3) is 5.91 Å². The number of amides is 1. The van der Waals surface area contributed by atoms with Gasteiger partial charge in [-0.1, -0.05) is 53.2 Å². The molecule has 0 atom stereocenters. The van der Waals surface area contributed by atoms with E-state index in [1.807, 2.05) is 25.1 Å². The molecule has 0 fully saturated rings. The third-order valence-electron chi connectivity index (χ3n) is 4.60. The van der Waals surface area contributed by atoms with E-state index in [0.717, 1.165) is 16.5 Å². The summed E-state index contributed by atoms with van der Waals surface area (Å²) in [5.41, 5.74) is 2.62. The molecule has 0 unspecified atom stereocenters. The normalized spacial score (nSPS) is 11.0. The zero-order chi connectivity index (χ0) is 22.2. The van der Waals surface area contributed by atoms with Crippen LogP contribution >= 0.6 is 15.9 Å². The van der Waals surface area contributed by atoms with Crippen LogP contribution in [-0.4, -0.2) is 5.91 Å². The first-order valence-corrected chi connectivity index (χ1v) is 10.5. The van der Waals surface area contributed by atoms with E-state index in [0.29, 0.717) is 22.6 Å². The fourth-order valence-corrected chi connectivity index (χ4v) is 3.24. The summed E-state index contributed by atoms with van der Waals surface area (Å²) in [5, 5.41) is 12.3. The molecule has 0 aliphatic heterocycles. The van der Waals surface area contributed by atoms with Crippen LogP contribution in [0.1, 0.15) is 23.6 Å². The van der Waals surface area contributed by atoms with Gasteiger partial charge in [0.05, 0.1) is 0 Å². The first-order valence-electron chi connectivity index (χ1n) is 9.68. The van der Waals surface area contributed by atoms with Gasteiger partial charge in [0.2, 0.25) is 0 Å². The SMILES string of the molecule is CCc1ccc(NC(=O)/C(C#N)=C/c2cc(Br)ccc2OCc2ccccc2F)cc1. The maximum absolute atomic E-state index is 13.9. The molecule has 0 aliphatic rings. The van der Waals surface area contributed by atoms with E-state index in [-0.39, 0.29) is 18.0 Å². The van der Waals surface area contributed by atoms with Crippen molar-refractivity contribution in [1.82, 2.24) is 0 Å². The molecule has 0 heterocycles. The Kier molecular flexibility index (Phi) is 7.58. The van der Waals surface area contributed by atoms with Crippen molar-refractivity contribution in [2.24, 2.45) is 0 Å². The van der Waals surface area contributed by atoms with Gasteiger partial charge >= 0.3 is 0 Å². The minimum absolute atomic E-state index is 0.0208. The molecule has 3 rings (SSSR count). The van der Waals surface area contributed by atoms with E-state index < -0.39 is 5.91 Å². The highest BCUT2D eigenvalue weighted by Gasteiger charge is 2.13. The molecule has 1 N–H and O–H groups in total. The quantitative estimate of drug-likeness (QED) is 0.321. The fraction of sp³-hybridized carbons (Fsp3) is 0.120. The van der Waals surface area contributed by atoms with Crippen LogP contribution in [-0.2, 0) is 17.8 Å². The Labute approximate surface area is 189 Å². The highest BCUT2D eigenvalue weighted by Crippen LogP contribution is 2.27. The van der Waals surface area contributed by atoms with Crippen molar-refractivity contribution >= 4 is 33.6 Å². The molecule has 0 bridgehead atoms. The van der Waals surface area contributed by atoms with Crippen LogP contribution in [0.25, 0.3) is 6.08 Å². The number of carbonyl (C=O) groups is 1. The van der Waals surface area contributed by atoms with Gasteiger partial charge in [0.1, 0.15) is 29.8 Å². The monoisotopic (exact) mass is 478 g/mol. The van der Waals surface area contributed by atoms with Crippen molar-refractivity contribution in [1.29, 1.82) is 5.26 Å². The molecule has 3 aromatic carbocycles. The summed E-state index contributed by atoms with van der Waals surface area (Å²) in [6.45, 7) is 2.07. The lowest BCUT2D eigenvalue weighted by Crippen LogP contribution is -2.13. The van der Waals surface area contributed by atoms with Crippen molar-refractivity contribution in [2.45, 2.75) is 20.0 Å². The van der Waals surface area contributed by atoms with Crippen LogP contribution in [0.4, 0.5) is 10.1 Å². The van der Waals surface area contributed by atoms with Gasteiger partial charge < -0.3 is 10.1 Å². The predicted molar refractivity (Wildman–Crippen MR) is 123 cm³/mol. The molecule has 156 valence electrons. The van der Waals surface area contributed by atoms with Crippen LogP contribution < -0.4 is 10.1 Å². The second kappa shape index (κ2) is 10.6. The van der Waals surface area contributed by atoms with Crippen LogP contribution in [0.5, 0.6) is 5.75 Å². The molecule has 0 aliphatic carbocycles. The largest absolute Gasteiger partial charge is 0.488 e. The van der Waals surface area contributed by atoms with Crippen LogP contribution in [0, 0.1) is 17.1 Å². The van der Waals surface area contributed by atoms with Crippen molar-refractivity contribution in [3.63, 3.8) is 0 Å². The molecule has 0 saturated heterocycles. The highest BCUT2D eigenvalue weighted by atomic mass is 79.9. The van der Waals surface area contributed by atoms with Crippen molar-refractivity contribution in [3.05, 3.63) is 99.3 Å². The summed E-state index contributed by atoms with van der Waals surface area (Å²) in [6.07, 6.45) is 2.35. The van der Waals surface area contributed by atoms with Crippen LogP contribution in [0.2, 0.25) is 0 Å². The van der Waals surface area contributed by atoms with Crippen LogP contribution in [0.3, 0.4) is 0 Å².